The van der Waals surface area contributed by atoms with E-state index >= 15 is 0 Å². The lowest BCUT2D eigenvalue weighted by Gasteiger charge is -2.23. The molecule has 0 unspecified atom stereocenters. The normalized spacial score (nSPS) is 13.2. The Morgan fingerprint density at radius 2 is 1.60 bits per heavy atom. The maximum absolute atomic E-state index is 12.7. The number of carboxylic acids is 1. The zero-order valence-electron chi connectivity index (χ0n) is 17.0. The third-order valence-electron chi connectivity index (χ3n) is 4.46. The SMILES string of the molecule is CC(C)[C@@H](OCc1ccc(OC(F)F)cc1)C(=O)N[C@@H](C)c1ccc(C(=O)O)cc1. The van der Waals surface area contributed by atoms with Crippen molar-refractivity contribution in [2.24, 2.45) is 5.92 Å². The molecule has 30 heavy (non-hydrogen) atoms. The van der Waals surface area contributed by atoms with Crippen molar-refractivity contribution in [1.29, 1.82) is 0 Å². The van der Waals surface area contributed by atoms with E-state index in [1.807, 2.05) is 13.8 Å². The van der Waals surface area contributed by atoms with Crippen LogP contribution >= 0.6 is 0 Å². The van der Waals surface area contributed by atoms with Gasteiger partial charge in [0.2, 0.25) is 5.91 Å². The Balaban J connectivity index is 1.96. The van der Waals surface area contributed by atoms with Crippen molar-refractivity contribution in [3.05, 3.63) is 65.2 Å². The number of amides is 1. The van der Waals surface area contributed by atoms with Crippen LogP contribution in [-0.2, 0) is 16.1 Å². The first-order chi connectivity index (χ1) is 14.2. The Morgan fingerprint density at radius 1 is 1.00 bits per heavy atom. The third-order valence-corrected chi connectivity index (χ3v) is 4.46. The molecule has 0 aromatic heterocycles. The summed E-state index contributed by atoms with van der Waals surface area (Å²) in [4.78, 5) is 23.7. The van der Waals surface area contributed by atoms with Gasteiger partial charge in [-0.3, -0.25) is 4.79 Å². The van der Waals surface area contributed by atoms with E-state index < -0.39 is 18.7 Å². The summed E-state index contributed by atoms with van der Waals surface area (Å²) < 4.78 is 34.5. The van der Waals surface area contributed by atoms with E-state index in [2.05, 4.69) is 10.1 Å². The minimum atomic E-state index is -2.89. The summed E-state index contributed by atoms with van der Waals surface area (Å²) in [5.41, 5.74) is 1.66. The van der Waals surface area contributed by atoms with Crippen LogP contribution in [0.1, 0.15) is 48.3 Å². The van der Waals surface area contributed by atoms with E-state index in [1.165, 1.54) is 24.3 Å². The largest absolute Gasteiger partial charge is 0.478 e. The third kappa shape index (κ3) is 6.81. The first-order valence-corrected chi connectivity index (χ1v) is 9.46. The molecule has 0 heterocycles. The standard InChI is InChI=1S/C22H25F2NO5/c1-13(2)19(29-12-15-4-10-18(11-5-15)30-22(23)24)20(26)25-14(3)16-6-8-17(9-7-16)21(27)28/h4-11,13-14,19,22H,12H2,1-3H3,(H,25,26)(H,27,28)/t14-,19+/m0/s1. The molecular formula is C22H25F2NO5. The lowest BCUT2D eigenvalue weighted by molar-refractivity contribution is -0.137. The molecule has 162 valence electrons. The second-order valence-corrected chi connectivity index (χ2v) is 7.16. The minimum absolute atomic E-state index is 0.0506. The van der Waals surface area contributed by atoms with Gasteiger partial charge in [0.25, 0.3) is 0 Å². The first-order valence-electron chi connectivity index (χ1n) is 9.46. The number of rotatable bonds is 10. The van der Waals surface area contributed by atoms with Crippen molar-refractivity contribution in [3.8, 4) is 5.75 Å². The van der Waals surface area contributed by atoms with Crippen molar-refractivity contribution in [2.75, 3.05) is 0 Å². The highest BCUT2D eigenvalue weighted by atomic mass is 19.3. The number of ether oxygens (including phenoxy) is 2. The molecular weight excluding hydrogens is 396 g/mol. The number of hydrogen-bond donors (Lipinski definition) is 2. The van der Waals surface area contributed by atoms with Gasteiger partial charge >= 0.3 is 12.6 Å². The number of halogens is 2. The quantitative estimate of drug-likeness (QED) is 0.594. The number of carboxylic acid groups (broad SMARTS) is 1. The van der Waals surface area contributed by atoms with E-state index in [0.717, 1.165) is 5.56 Å². The van der Waals surface area contributed by atoms with Crippen molar-refractivity contribution in [2.45, 2.75) is 46.1 Å². The van der Waals surface area contributed by atoms with Gasteiger partial charge in [0.05, 0.1) is 18.2 Å². The van der Waals surface area contributed by atoms with E-state index in [-0.39, 0.29) is 35.8 Å². The van der Waals surface area contributed by atoms with Gasteiger partial charge in [-0.1, -0.05) is 38.1 Å². The average molecular weight is 421 g/mol. The molecule has 0 fully saturated rings. The fraction of sp³-hybridized carbons (Fsp3) is 0.364. The van der Waals surface area contributed by atoms with Gasteiger partial charge < -0.3 is 19.9 Å². The Hall–Kier alpha value is -3.00. The van der Waals surface area contributed by atoms with Crippen LogP contribution in [0.25, 0.3) is 0 Å². The molecule has 2 N–H and O–H groups in total. The maximum Gasteiger partial charge on any atom is 0.387 e. The molecule has 0 spiro atoms. The Kier molecular flexibility index (Phi) is 8.29. The number of nitrogens with one attached hydrogen (secondary N) is 1. The fourth-order valence-electron chi connectivity index (χ4n) is 2.82. The Labute approximate surface area is 173 Å². The van der Waals surface area contributed by atoms with Crippen LogP contribution in [0.5, 0.6) is 5.75 Å². The molecule has 0 bridgehead atoms. The predicted octanol–water partition coefficient (Wildman–Crippen LogP) is 4.40. The van der Waals surface area contributed by atoms with Crippen molar-refractivity contribution >= 4 is 11.9 Å². The number of carbonyl (C=O) groups is 2. The van der Waals surface area contributed by atoms with Gasteiger partial charge in [0, 0.05) is 0 Å². The van der Waals surface area contributed by atoms with Crippen LogP contribution in [0.2, 0.25) is 0 Å². The highest BCUT2D eigenvalue weighted by Crippen LogP contribution is 2.18. The van der Waals surface area contributed by atoms with Gasteiger partial charge in [-0.25, -0.2) is 4.79 Å². The molecule has 2 atom stereocenters. The van der Waals surface area contributed by atoms with E-state index in [4.69, 9.17) is 9.84 Å². The number of alkyl halides is 2. The summed E-state index contributed by atoms with van der Waals surface area (Å²) in [5, 5.41) is 11.9. The number of benzene rings is 2. The molecule has 8 heteroatoms. The monoisotopic (exact) mass is 421 g/mol. The lowest BCUT2D eigenvalue weighted by atomic mass is 10.0. The second-order valence-electron chi connectivity index (χ2n) is 7.16. The molecule has 1 amide bonds. The summed E-state index contributed by atoms with van der Waals surface area (Å²) in [6.45, 7) is 2.76. The minimum Gasteiger partial charge on any atom is -0.478 e. The summed E-state index contributed by atoms with van der Waals surface area (Å²) >= 11 is 0. The molecule has 2 aromatic carbocycles. The van der Waals surface area contributed by atoms with Crippen molar-refractivity contribution in [3.63, 3.8) is 0 Å². The molecule has 2 rings (SSSR count). The predicted molar refractivity (Wildman–Crippen MR) is 106 cm³/mol. The molecule has 2 aromatic rings. The van der Waals surface area contributed by atoms with Crippen molar-refractivity contribution < 1.29 is 33.0 Å². The van der Waals surface area contributed by atoms with E-state index in [1.54, 1.807) is 31.2 Å². The van der Waals surface area contributed by atoms with Crippen LogP contribution in [-0.4, -0.2) is 29.7 Å². The highest BCUT2D eigenvalue weighted by Gasteiger charge is 2.24. The smallest absolute Gasteiger partial charge is 0.387 e. The maximum atomic E-state index is 12.7. The van der Waals surface area contributed by atoms with Crippen LogP contribution in [0, 0.1) is 5.92 Å². The fourth-order valence-corrected chi connectivity index (χ4v) is 2.82. The van der Waals surface area contributed by atoms with Gasteiger partial charge in [-0.2, -0.15) is 8.78 Å². The molecule has 0 saturated heterocycles. The summed E-state index contributed by atoms with van der Waals surface area (Å²) in [6, 6.07) is 12.0. The van der Waals surface area contributed by atoms with Crippen LogP contribution in [0.3, 0.4) is 0 Å². The lowest BCUT2D eigenvalue weighted by Crippen LogP contribution is -2.40. The summed E-state index contributed by atoms with van der Waals surface area (Å²) in [5.74, 6) is -1.36. The topological polar surface area (TPSA) is 84.9 Å². The van der Waals surface area contributed by atoms with Crippen molar-refractivity contribution in [1.82, 2.24) is 5.32 Å². The van der Waals surface area contributed by atoms with Gasteiger partial charge in [0.15, 0.2) is 0 Å². The second kappa shape index (κ2) is 10.7. The summed E-state index contributed by atoms with van der Waals surface area (Å²) in [6.07, 6.45) is -0.720. The zero-order valence-corrected chi connectivity index (χ0v) is 17.0. The van der Waals surface area contributed by atoms with Crippen LogP contribution in [0.4, 0.5) is 8.78 Å². The number of carbonyl (C=O) groups excluding carboxylic acids is 1. The van der Waals surface area contributed by atoms with E-state index in [9.17, 15) is 18.4 Å². The molecule has 0 aliphatic rings. The summed E-state index contributed by atoms with van der Waals surface area (Å²) in [7, 11) is 0. The molecule has 0 aliphatic carbocycles. The highest BCUT2D eigenvalue weighted by molar-refractivity contribution is 5.87. The molecule has 0 saturated carbocycles. The van der Waals surface area contributed by atoms with Crippen LogP contribution in [0.15, 0.2) is 48.5 Å². The Bertz CT molecular complexity index is 838. The molecule has 0 radical (unpaired) electrons. The Morgan fingerprint density at radius 3 is 2.10 bits per heavy atom. The van der Waals surface area contributed by atoms with Crippen LogP contribution < -0.4 is 10.1 Å². The molecule has 0 aliphatic heterocycles. The molecule has 6 nitrogen and oxygen atoms in total. The first kappa shape index (κ1) is 23.3. The average Bonchev–Trinajstić information content (AvgIpc) is 2.68. The number of hydrogen-bond acceptors (Lipinski definition) is 4. The number of aromatic carboxylic acids is 1. The van der Waals surface area contributed by atoms with Gasteiger partial charge in [0.1, 0.15) is 11.9 Å². The van der Waals surface area contributed by atoms with E-state index in [0.29, 0.717) is 5.56 Å². The van der Waals surface area contributed by atoms with Gasteiger partial charge in [-0.05, 0) is 48.2 Å². The zero-order chi connectivity index (χ0) is 22.3. The van der Waals surface area contributed by atoms with Gasteiger partial charge in [-0.15, -0.1) is 0 Å².